The van der Waals surface area contributed by atoms with Gasteiger partial charge >= 0.3 is 5.97 Å². The van der Waals surface area contributed by atoms with Crippen LogP contribution in [-0.4, -0.2) is 29.9 Å². The standard InChI is InChI=1S/C21H23BrN2O4/c1-4-24-18-10-15(27-2)6-7-16(18)17(20(24)21(25)26)12-23-11-13-9-14(22)5-8-19(13)28-3/h5-10,23H,4,11-12H2,1-3H3,(H,25,26). The lowest BCUT2D eigenvalue weighted by Crippen LogP contribution is -2.17. The van der Waals surface area contributed by atoms with Crippen LogP contribution in [0, 0.1) is 0 Å². The highest BCUT2D eigenvalue weighted by molar-refractivity contribution is 9.10. The minimum atomic E-state index is -0.936. The summed E-state index contributed by atoms with van der Waals surface area (Å²) in [7, 11) is 3.24. The third kappa shape index (κ3) is 3.86. The number of aryl methyl sites for hydroxylation is 1. The molecule has 2 N–H and O–H groups in total. The Bertz CT molecular complexity index is 1010. The maximum Gasteiger partial charge on any atom is 0.352 e. The van der Waals surface area contributed by atoms with E-state index in [0.717, 1.165) is 32.3 Å². The molecule has 0 bridgehead atoms. The Morgan fingerprint density at radius 3 is 2.57 bits per heavy atom. The van der Waals surface area contributed by atoms with Crippen LogP contribution in [0.5, 0.6) is 11.5 Å². The normalized spacial score (nSPS) is 11.0. The minimum Gasteiger partial charge on any atom is -0.497 e. The van der Waals surface area contributed by atoms with Crippen molar-refractivity contribution in [2.24, 2.45) is 0 Å². The molecule has 0 fully saturated rings. The molecule has 0 saturated carbocycles. The fourth-order valence-electron chi connectivity index (χ4n) is 3.49. The molecule has 3 aromatic rings. The summed E-state index contributed by atoms with van der Waals surface area (Å²) in [5.74, 6) is 0.554. The number of rotatable bonds is 8. The highest BCUT2D eigenvalue weighted by Gasteiger charge is 2.22. The number of benzene rings is 2. The molecule has 0 unspecified atom stereocenters. The number of hydrogen-bond donors (Lipinski definition) is 2. The zero-order valence-corrected chi connectivity index (χ0v) is 17.7. The average molecular weight is 447 g/mol. The van der Waals surface area contributed by atoms with E-state index in [4.69, 9.17) is 9.47 Å². The van der Waals surface area contributed by atoms with Crippen molar-refractivity contribution in [3.8, 4) is 11.5 Å². The van der Waals surface area contributed by atoms with Gasteiger partial charge in [-0.15, -0.1) is 0 Å². The number of aromatic nitrogens is 1. The van der Waals surface area contributed by atoms with Crippen LogP contribution in [0.3, 0.4) is 0 Å². The minimum absolute atomic E-state index is 0.305. The molecule has 1 aromatic heterocycles. The SMILES string of the molecule is CCn1c(C(=O)O)c(CNCc2cc(Br)ccc2OC)c2ccc(OC)cc21. The Kier molecular flexibility index (Phi) is 6.26. The van der Waals surface area contributed by atoms with E-state index in [1.54, 1.807) is 14.2 Å². The summed E-state index contributed by atoms with van der Waals surface area (Å²) in [4.78, 5) is 12.0. The Morgan fingerprint density at radius 1 is 1.14 bits per heavy atom. The van der Waals surface area contributed by atoms with E-state index in [1.807, 2.05) is 47.9 Å². The first-order chi connectivity index (χ1) is 13.5. The van der Waals surface area contributed by atoms with Gasteiger partial charge in [0.25, 0.3) is 0 Å². The molecule has 148 valence electrons. The van der Waals surface area contributed by atoms with Crippen molar-refractivity contribution in [2.75, 3.05) is 14.2 Å². The molecule has 2 aromatic carbocycles. The molecule has 1 heterocycles. The molecule has 3 rings (SSSR count). The number of carbonyl (C=O) groups is 1. The van der Waals surface area contributed by atoms with Crippen molar-refractivity contribution < 1.29 is 19.4 Å². The number of carboxylic acids is 1. The molecular weight excluding hydrogens is 424 g/mol. The molecule has 28 heavy (non-hydrogen) atoms. The summed E-state index contributed by atoms with van der Waals surface area (Å²) in [5.41, 5.74) is 2.92. The quantitative estimate of drug-likeness (QED) is 0.535. The van der Waals surface area contributed by atoms with Gasteiger partial charge in [-0.25, -0.2) is 4.79 Å². The van der Waals surface area contributed by atoms with Crippen LogP contribution < -0.4 is 14.8 Å². The van der Waals surface area contributed by atoms with Gasteiger partial charge in [-0.1, -0.05) is 15.9 Å². The largest absolute Gasteiger partial charge is 0.497 e. The summed E-state index contributed by atoms with van der Waals surface area (Å²) in [6, 6.07) is 11.5. The lowest BCUT2D eigenvalue weighted by atomic mass is 10.1. The third-order valence-corrected chi connectivity index (χ3v) is 5.25. The fourth-order valence-corrected chi connectivity index (χ4v) is 3.90. The number of ether oxygens (including phenoxy) is 2. The maximum atomic E-state index is 12.0. The summed E-state index contributed by atoms with van der Waals surface area (Å²) in [5, 5.41) is 14.1. The first kappa shape index (κ1) is 20.2. The smallest absolute Gasteiger partial charge is 0.352 e. The van der Waals surface area contributed by atoms with Gasteiger partial charge in [-0.05, 0) is 37.3 Å². The van der Waals surface area contributed by atoms with Gasteiger partial charge in [0.1, 0.15) is 17.2 Å². The topological polar surface area (TPSA) is 72.7 Å². The maximum absolute atomic E-state index is 12.0. The van der Waals surface area contributed by atoms with Crippen LogP contribution in [0.2, 0.25) is 0 Å². The number of hydrogen-bond acceptors (Lipinski definition) is 4. The third-order valence-electron chi connectivity index (χ3n) is 4.76. The van der Waals surface area contributed by atoms with Crippen molar-refractivity contribution in [3.05, 3.63) is 57.7 Å². The lowest BCUT2D eigenvalue weighted by Gasteiger charge is -2.11. The van der Waals surface area contributed by atoms with Gasteiger partial charge in [0.05, 0.1) is 19.7 Å². The number of fused-ring (bicyclic) bond motifs is 1. The lowest BCUT2D eigenvalue weighted by molar-refractivity contribution is 0.0684. The molecule has 0 amide bonds. The van der Waals surface area contributed by atoms with E-state index in [1.165, 1.54) is 0 Å². The van der Waals surface area contributed by atoms with Crippen molar-refractivity contribution in [3.63, 3.8) is 0 Å². The van der Waals surface area contributed by atoms with Crippen LogP contribution in [-0.2, 0) is 19.6 Å². The number of aromatic carboxylic acids is 1. The number of nitrogens with zero attached hydrogens (tertiary/aromatic N) is 1. The Labute approximate surface area is 172 Å². The first-order valence-electron chi connectivity index (χ1n) is 8.95. The molecule has 0 saturated heterocycles. The zero-order chi connectivity index (χ0) is 20.3. The van der Waals surface area contributed by atoms with Gasteiger partial charge in [-0.2, -0.15) is 0 Å². The van der Waals surface area contributed by atoms with Gasteiger partial charge in [0, 0.05) is 46.7 Å². The molecule has 7 heteroatoms. The molecule has 6 nitrogen and oxygen atoms in total. The fraction of sp³-hybridized carbons (Fsp3) is 0.286. The van der Waals surface area contributed by atoms with E-state index in [0.29, 0.717) is 31.1 Å². The molecule has 0 spiro atoms. The predicted molar refractivity (Wildman–Crippen MR) is 112 cm³/mol. The summed E-state index contributed by atoms with van der Waals surface area (Å²) in [6.07, 6.45) is 0. The zero-order valence-electron chi connectivity index (χ0n) is 16.1. The van der Waals surface area contributed by atoms with Crippen molar-refractivity contribution in [2.45, 2.75) is 26.6 Å². The molecule has 0 aliphatic rings. The number of halogens is 1. The number of carboxylic acid groups (broad SMARTS) is 1. The molecule has 0 aliphatic carbocycles. The molecular formula is C21H23BrN2O4. The van der Waals surface area contributed by atoms with Crippen molar-refractivity contribution in [1.82, 2.24) is 9.88 Å². The summed E-state index contributed by atoms with van der Waals surface area (Å²) >= 11 is 3.48. The van der Waals surface area contributed by atoms with Crippen LogP contribution in [0.25, 0.3) is 10.9 Å². The van der Waals surface area contributed by atoms with E-state index < -0.39 is 5.97 Å². The Morgan fingerprint density at radius 2 is 1.93 bits per heavy atom. The Hall–Kier alpha value is -2.51. The summed E-state index contributed by atoms with van der Waals surface area (Å²) in [6.45, 7) is 3.48. The van der Waals surface area contributed by atoms with Crippen molar-refractivity contribution in [1.29, 1.82) is 0 Å². The van der Waals surface area contributed by atoms with E-state index in [9.17, 15) is 9.90 Å². The Balaban J connectivity index is 1.95. The van der Waals surface area contributed by atoms with Crippen LogP contribution >= 0.6 is 15.9 Å². The highest BCUT2D eigenvalue weighted by atomic mass is 79.9. The first-order valence-corrected chi connectivity index (χ1v) is 9.75. The van der Waals surface area contributed by atoms with E-state index in [2.05, 4.69) is 21.2 Å². The van der Waals surface area contributed by atoms with Crippen molar-refractivity contribution >= 4 is 32.8 Å². The van der Waals surface area contributed by atoms with E-state index in [-0.39, 0.29) is 0 Å². The summed E-state index contributed by atoms with van der Waals surface area (Å²) < 4.78 is 13.5. The second-order valence-corrected chi connectivity index (χ2v) is 7.24. The van der Waals surface area contributed by atoms with Crippen LogP contribution in [0.15, 0.2) is 40.9 Å². The molecule has 0 atom stereocenters. The average Bonchev–Trinajstić information content (AvgIpc) is 3.01. The van der Waals surface area contributed by atoms with Gasteiger partial charge < -0.3 is 24.5 Å². The number of methoxy groups -OCH3 is 2. The number of nitrogens with one attached hydrogen (secondary N) is 1. The highest BCUT2D eigenvalue weighted by Crippen LogP contribution is 2.30. The van der Waals surface area contributed by atoms with Gasteiger partial charge in [0.2, 0.25) is 0 Å². The van der Waals surface area contributed by atoms with E-state index >= 15 is 0 Å². The monoisotopic (exact) mass is 446 g/mol. The van der Waals surface area contributed by atoms with Crippen LogP contribution in [0.1, 0.15) is 28.5 Å². The van der Waals surface area contributed by atoms with Gasteiger partial charge in [0.15, 0.2) is 0 Å². The second-order valence-electron chi connectivity index (χ2n) is 6.32. The second kappa shape index (κ2) is 8.67. The van der Waals surface area contributed by atoms with Gasteiger partial charge in [-0.3, -0.25) is 0 Å². The predicted octanol–water partition coefficient (Wildman–Crippen LogP) is 4.43. The molecule has 0 aliphatic heterocycles. The molecule has 0 radical (unpaired) electrons. The van der Waals surface area contributed by atoms with Crippen LogP contribution in [0.4, 0.5) is 0 Å².